The Morgan fingerprint density at radius 3 is 2.74 bits per heavy atom. The van der Waals surface area contributed by atoms with Crippen molar-refractivity contribution in [3.63, 3.8) is 0 Å². The second kappa shape index (κ2) is 4.66. The lowest BCUT2D eigenvalue weighted by Crippen LogP contribution is -2.46. The van der Waals surface area contributed by atoms with Crippen LogP contribution in [0.2, 0.25) is 0 Å². The summed E-state index contributed by atoms with van der Waals surface area (Å²) in [5, 5.41) is 3.26. The molecule has 5 nitrogen and oxygen atoms in total. The van der Waals surface area contributed by atoms with Crippen molar-refractivity contribution in [3.8, 4) is 0 Å². The number of hydrogen-bond donors (Lipinski definition) is 1. The molecule has 3 rings (SSSR count). The van der Waals surface area contributed by atoms with Gasteiger partial charge in [0.2, 0.25) is 0 Å². The molecule has 100 valence electrons. The van der Waals surface area contributed by atoms with Gasteiger partial charge >= 0.3 is 0 Å². The number of hydrogen-bond acceptors (Lipinski definition) is 3. The first-order chi connectivity index (χ1) is 9.16. The summed E-state index contributed by atoms with van der Waals surface area (Å²) in [6.07, 6.45) is 1.98. The lowest BCUT2D eigenvalue weighted by atomic mass is 10.2. The van der Waals surface area contributed by atoms with Gasteiger partial charge in [-0.3, -0.25) is 9.20 Å². The van der Waals surface area contributed by atoms with Crippen LogP contribution in [-0.4, -0.2) is 46.4 Å². The quantitative estimate of drug-likeness (QED) is 0.830. The molecule has 1 saturated heterocycles. The third-order valence-corrected chi connectivity index (χ3v) is 3.55. The van der Waals surface area contributed by atoms with E-state index in [9.17, 15) is 4.79 Å². The summed E-state index contributed by atoms with van der Waals surface area (Å²) in [6.45, 7) is 7.17. The van der Waals surface area contributed by atoms with Crippen LogP contribution >= 0.6 is 0 Å². The average molecular weight is 258 g/mol. The van der Waals surface area contributed by atoms with E-state index >= 15 is 0 Å². The van der Waals surface area contributed by atoms with E-state index in [4.69, 9.17) is 0 Å². The minimum atomic E-state index is 0.0806. The number of rotatable bonds is 1. The molecule has 0 saturated carbocycles. The number of aromatic nitrogens is 2. The highest BCUT2D eigenvalue weighted by atomic mass is 16.2. The SMILES string of the molecule is Cc1ccc2nc(C)c(C(=O)N3CCNCC3)n2c1. The second-order valence-electron chi connectivity index (χ2n) is 5.02. The number of amides is 1. The first-order valence-corrected chi connectivity index (χ1v) is 6.62. The van der Waals surface area contributed by atoms with Gasteiger partial charge in [-0.2, -0.15) is 0 Å². The van der Waals surface area contributed by atoms with Gasteiger partial charge in [-0.05, 0) is 25.5 Å². The zero-order chi connectivity index (χ0) is 13.4. The van der Waals surface area contributed by atoms with Crippen LogP contribution in [0.25, 0.3) is 5.65 Å². The predicted octanol–water partition coefficient (Wildman–Crippen LogP) is 0.997. The van der Waals surface area contributed by atoms with Gasteiger partial charge in [0, 0.05) is 32.4 Å². The number of nitrogens with zero attached hydrogens (tertiary/aromatic N) is 3. The zero-order valence-corrected chi connectivity index (χ0v) is 11.3. The van der Waals surface area contributed by atoms with E-state index in [2.05, 4.69) is 10.3 Å². The van der Waals surface area contributed by atoms with Gasteiger partial charge in [0.25, 0.3) is 5.91 Å². The molecule has 1 aliphatic rings. The van der Waals surface area contributed by atoms with Crippen molar-refractivity contribution in [2.75, 3.05) is 26.2 Å². The highest BCUT2D eigenvalue weighted by molar-refractivity contribution is 5.94. The van der Waals surface area contributed by atoms with E-state index in [1.54, 1.807) is 0 Å². The van der Waals surface area contributed by atoms with E-state index < -0.39 is 0 Å². The van der Waals surface area contributed by atoms with E-state index in [-0.39, 0.29) is 5.91 Å². The molecule has 0 radical (unpaired) electrons. The van der Waals surface area contributed by atoms with Gasteiger partial charge in [-0.15, -0.1) is 0 Å². The number of nitrogens with one attached hydrogen (secondary N) is 1. The Balaban J connectivity index is 2.05. The molecule has 0 aliphatic carbocycles. The normalized spacial score (nSPS) is 16.0. The first kappa shape index (κ1) is 12.2. The molecular formula is C14H18N4O. The van der Waals surface area contributed by atoms with Crippen molar-refractivity contribution in [3.05, 3.63) is 35.3 Å². The molecule has 0 atom stereocenters. The van der Waals surface area contributed by atoms with Gasteiger partial charge in [0.1, 0.15) is 11.3 Å². The Morgan fingerprint density at radius 2 is 2.00 bits per heavy atom. The Bertz CT molecular complexity index is 626. The fourth-order valence-corrected chi connectivity index (χ4v) is 2.54. The molecule has 5 heteroatoms. The van der Waals surface area contributed by atoms with Crippen molar-refractivity contribution in [1.82, 2.24) is 19.6 Å². The third kappa shape index (κ3) is 2.10. The van der Waals surface area contributed by atoms with Crippen LogP contribution in [0.3, 0.4) is 0 Å². The number of carbonyl (C=O) groups is 1. The lowest BCUT2D eigenvalue weighted by Gasteiger charge is -2.27. The highest BCUT2D eigenvalue weighted by Crippen LogP contribution is 2.15. The van der Waals surface area contributed by atoms with Crippen molar-refractivity contribution in [2.45, 2.75) is 13.8 Å². The van der Waals surface area contributed by atoms with E-state index in [1.165, 1.54) is 0 Å². The molecule has 3 heterocycles. The molecule has 2 aromatic heterocycles. The number of imidazole rings is 1. The predicted molar refractivity (Wildman–Crippen MR) is 73.4 cm³/mol. The second-order valence-corrected chi connectivity index (χ2v) is 5.02. The highest BCUT2D eigenvalue weighted by Gasteiger charge is 2.23. The average Bonchev–Trinajstić information content (AvgIpc) is 2.74. The van der Waals surface area contributed by atoms with Crippen LogP contribution < -0.4 is 5.32 Å². The van der Waals surface area contributed by atoms with Crippen molar-refractivity contribution in [2.24, 2.45) is 0 Å². The van der Waals surface area contributed by atoms with Gasteiger partial charge in [-0.25, -0.2) is 4.98 Å². The van der Waals surface area contributed by atoms with Gasteiger partial charge in [-0.1, -0.05) is 6.07 Å². The molecule has 19 heavy (non-hydrogen) atoms. The summed E-state index contributed by atoms with van der Waals surface area (Å²) < 4.78 is 1.91. The number of fused-ring (bicyclic) bond motifs is 1. The summed E-state index contributed by atoms with van der Waals surface area (Å²) >= 11 is 0. The Kier molecular flexibility index (Phi) is 2.98. The third-order valence-electron chi connectivity index (χ3n) is 3.55. The largest absolute Gasteiger partial charge is 0.335 e. The van der Waals surface area contributed by atoms with Crippen LogP contribution in [0.15, 0.2) is 18.3 Å². The molecule has 1 N–H and O–H groups in total. The topological polar surface area (TPSA) is 49.6 Å². The minimum absolute atomic E-state index is 0.0806. The maximum absolute atomic E-state index is 12.6. The lowest BCUT2D eigenvalue weighted by molar-refractivity contribution is 0.0728. The van der Waals surface area contributed by atoms with Crippen LogP contribution in [0.1, 0.15) is 21.7 Å². The van der Waals surface area contributed by atoms with E-state index in [0.29, 0.717) is 5.69 Å². The van der Waals surface area contributed by atoms with E-state index in [1.807, 2.05) is 41.5 Å². The standard InChI is InChI=1S/C14H18N4O/c1-10-3-4-12-16-11(2)13(18(12)9-10)14(19)17-7-5-15-6-8-17/h3-4,9,15H,5-8H2,1-2H3. The monoisotopic (exact) mass is 258 g/mol. The number of aryl methyl sites for hydroxylation is 2. The van der Waals surface area contributed by atoms with Crippen molar-refractivity contribution >= 4 is 11.6 Å². The summed E-state index contributed by atoms with van der Waals surface area (Å²) in [5.41, 5.74) is 3.45. The minimum Gasteiger partial charge on any atom is -0.335 e. The van der Waals surface area contributed by atoms with E-state index in [0.717, 1.165) is 43.1 Å². The Morgan fingerprint density at radius 1 is 1.26 bits per heavy atom. The molecule has 2 aromatic rings. The maximum atomic E-state index is 12.6. The molecular weight excluding hydrogens is 240 g/mol. The first-order valence-electron chi connectivity index (χ1n) is 6.62. The molecule has 0 spiro atoms. The molecule has 1 amide bonds. The van der Waals surface area contributed by atoms with Crippen molar-refractivity contribution in [1.29, 1.82) is 0 Å². The molecule has 0 aromatic carbocycles. The molecule has 1 aliphatic heterocycles. The maximum Gasteiger partial charge on any atom is 0.272 e. The molecule has 0 unspecified atom stereocenters. The Labute approximate surface area is 112 Å². The fourth-order valence-electron chi connectivity index (χ4n) is 2.54. The van der Waals surface area contributed by atoms with Gasteiger partial charge in [0.05, 0.1) is 5.69 Å². The molecule has 1 fully saturated rings. The summed E-state index contributed by atoms with van der Waals surface area (Å²) in [4.78, 5) is 19.0. The van der Waals surface area contributed by atoms with Crippen LogP contribution in [0.5, 0.6) is 0 Å². The Hall–Kier alpha value is -1.88. The fraction of sp³-hybridized carbons (Fsp3) is 0.429. The van der Waals surface area contributed by atoms with Crippen LogP contribution in [-0.2, 0) is 0 Å². The van der Waals surface area contributed by atoms with Gasteiger partial charge < -0.3 is 10.2 Å². The van der Waals surface area contributed by atoms with Crippen LogP contribution in [0.4, 0.5) is 0 Å². The number of carbonyl (C=O) groups excluding carboxylic acids is 1. The number of pyridine rings is 1. The number of piperazine rings is 1. The zero-order valence-electron chi connectivity index (χ0n) is 11.3. The molecule has 0 bridgehead atoms. The summed E-state index contributed by atoms with van der Waals surface area (Å²) in [6, 6.07) is 3.97. The summed E-state index contributed by atoms with van der Waals surface area (Å²) in [5.74, 6) is 0.0806. The van der Waals surface area contributed by atoms with Gasteiger partial charge in [0.15, 0.2) is 0 Å². The van der Waals surface area contributed by atoms with Crippen LogP contribution in [0, 0.1) is 13.8 Å². The summed E-state index contributed by atoms with van der Waals surface area (Å²) in [7, 11) is 0. The smallest absolute Gasteiger partial charge is 0.272 e. The van der Waals surface area contributed by atoms with Crippen molar-refractivity contribution < 1.29 is 4.79 Å².